The molecule has 1 saturated heterocycles. The van der Waals surface area contributed by atoms with Crippen molar-refractivity contribution in [2.75, 3.05) is 18.4 Å². The van der Waals surface area contributed by atoms with E-state index in [-0.39, 0.29) is 11.5 Å². The Balaban J connectivity index is 1.18. The number of carbonyl (C=O) groups excluding carboxylic acids is 1. The van der Waals surface area contributed by atoms with Gasteiger partial charge >= 0.3 is 0 Å². The lowest BCUT2D eigenvalue weighted by molar-refractivity contribution is 0.0995. The van der Waals surface area contributed by atoms with Crippen LogP contribution in [0.3, 0.4) is 0 Å². The summed E-state index contributed by atoms with van der Waals surface area (Å²) in [5.41, 5.74) is 11.5. The van der Waals surface area contributed by atoms with Gasteiger partial charge in [0, 0.05) is 48.4 Å². The molecule has 6 rings (SSSR count). The van der Waals surface area contributed by atoms with Gasteiger partial charge in [-0.2, -0.15) is 5.26 Å². The van der Waals surface area contributed by atoms with E-state index in [0.717, 1.165) is 60.2 Å². The summed E-state index contributed by atoms with van der Waals surface area (Å²) in [7, 11) is 0. The van der Waals surface area contributed by atoms with Crippen LogP contribution >= 0.6 is 0 Å². The summed E-state index contributed by atoms with van der Waals surface area (Å²) in [6.07, 6.45) is 5.21. The highest BCUT2D eigenvalue weighted by molar-refractivity contribution is 5.97. The minimum absolute atomic E-state index is 0.180. The van der Waals surface area contributed by atoms with Crippen LogP contribution in [-0.2, 0) is 6.54 Å². The van der Waals surface area contributed by atoms with E-state index >= 15 is 0 Å². The number of likely N-dealkylation sites (tertiary alicyclic amines) is 1. The number of benzene rings is 2. The van der Waals surface area contributed by atoms with E-state index in [2.05, 4.69) is 67.6 Å². The van der Waals surface area contributed by atoms with Crippen LogP contribution in [0.15, 0.2) is 85.2 Å². The van der Waals surface area contributed by atoms with Crippen molar-refractivity contribution in [3.8, 4) is 28.5 Å². The van der Waals surface area contributed by atoms with Gasteiger partial charge in [0.05, 0.1) is 17.4 Å². The second kappa shape index (κ2) is 11.5. The zero-order valence-electron chi connectivity index (χ0n) is 22.4. The number of carbonyl (C=O) groups is 1. The molecule has 1 amide bonds. The number of nitrogens with one attached hydrogen (secondary N) is 1. The summed E-state index contributed by atoms with van der Waals surface area (Å²) in [4.78, 5) is 31.5. The first-order valence-electron chi connectivity index (χ1n) is 13.5. The van der Waals surface area contributed by atoms with Gasteiger partial charge in [-0.3, -0.25) is 9.69 Å². The molecule has 41 heavy (non-hydrogen) atoms. The predicted molar refractivity (Wildman–Crippen MR) is 158 cm³/mol. The maximum absolute atomic E-state index is 11.7. The average Bonchev–Trinajstić information content (AvgIpc) is 3.02. The minimum atomic E-state index is -0.562. The topological polar surface area (TPSA) is 134 Å². The fraction of sp³-hybridized carbons (Fsp3) is 0.188. The van der Waals surface area contributed by atoms with Crippen molar-refractivity contribution in [2.45, 2.75) is 25.4 Å². The van der Waals surface area contributed by atoms with E-state index in [4.69, 9.17) is 16.0 Å². The fourth-order valence-corrected chi connectivity index (χ4v) is 5.23. The number of fused-ring (bicyclic) bond motifs is 1. The Hall–Kier alpha value is -5.20. The summed E-state index contributed by atoms with van der Waals surface area (Å²) in [6, 6.07) is 26.5. The molecule has 202 valence electrons. The van der Waals surface area contributed by atoms with E-state index in [1.165, 1.54) is 5.56 Å². The number of pyridine rings is 2. The standard InChI is InChI=1S/C32H28N8O/c33-18-30-35-13-10-29(39-30)37-25-11-14-40(15-12-25)20-21-6-8-23(9-7-21)31-26(22-4-2-1-3-5-22)16-24-17-27(32(34)41)36-19-28(24)38-31/h1-10,13,16-17,19,25H,11-12,14-15,20H2,(H2,34,41)(H,35,37,39). The van der Waals surface area contributed by atoms with Crippen LogP contribution in [0.1, 0.15) is 34.7 Å². The van der Waals surface area contributed by atoms with Crippen LogP contribution in [0.4, 0.5) is 5.82 Å². The first kappa shape index (κ1) is 26.0. The average molecular weight is 541 g/mol. The van der Waals surface area contributed by atoms with Crippen LogP contribution in [-0.4, -0.2) is 49.9 Å². The highest BCUT2D eigenvalue weighted by Gasteiger charge is 2.20. The molecule has 4 heterocycles. The molecule has 2 aromatic carbocycles. The van der Waals surface area contributed by atoms with Gasteiger partial charge in [0.25, 0.3) is 5.91 Å². The van der Waals surface area contributed by atoms with Crippen molar-refractivity contribution in [2.24, 2.45) is 5.73 Å². The van der Waals surface area contributed by atoms with Crippen molar-refractivity contribution in [3.05, 3.63) is 102 Å². The number of anilines is 1. The number of nitriles is 1. The van der Waals surface area contributed by atoms with Crippen LogP contribution in [0.2, 0.25) is 0 Å². The lowest BCUT2D eigenvalue weighted by atomic mass is 9.97. The first-order valence-corrected chi connectivity index (χ1v) is 13.5. The number of rotatable bonds is 7. The van der Waals surface area contributed by atoms with E-state index < -0.39 is 5.91 Å². The summed E-state index contributed by atoms with van der Waals surface area (Å²) in [5, 5.41) is 13.3. The Kier molecular flexibility index (Phi) is 7.30. The third kappa shape index (κ3) is 5.88. The Bertz CT molecular complexity index is 1740. The largest absolute Gasteiger partial charge is 0.367 e. The lowest BCUT2D eigenvalue weighted by Crippen LogP contribution is -2.38. The quantitative estimate of drug-likeness (QED) is 0.301. The van der Waals surface area contributed by atoms with E-state index in [1.54, 1.807) is 24.5 Å². The summed E-state index contributed by atoms with van der Waals surface area (Å²) >= 11 is 0. The van der Waals surface area contributed by atoms with Crippen molar-refractivity contribution >= 4 is 22.6 Å². The predicted octanol–water partition coefficient (Wildman–Crippen LogP) is 4.80. The molecule has 9 heteroatoms. The molecule has 0 unspecified atom stereocenters. The molecule has 9 nitrogen and oxygen atoms in total. The Morgan fingerprint density at radius 3 is 2.49 bits per heavy atom. The van der Waals surface area contributed by atoms with Crippen LogP contribution in [0.25, 0.3) is 33.3 Å². The number of nitrogens with zero attached hydrogens (tertiary/aromatic N) is 6. The number of hydrogen-bond donors (Lipinski definition) is 2. The SMILES string of the molecule is N#Cc1nccc(NC2CCN(Cc3ccc(-c4nc5cnc(C(N)=O)cc5cc4-c4ccccc4)cc3)CC2)n1. The molecule has 3 N–H and O–H groups in total. The number of hydrogen-bond acceptors (Lipinski definition) is 8. The van der Waals surface area contributed by atoms with Gasteiger partial charge in [-0.25, -0.2) is 19.9 Å². The molecule has 1 aliphatic heterocycles. The van der Waals surface area contributed by atoms with Gasteiger partial charge in [0.1, 0.15) is 17.6 Å². The summed E-state index contributed by atoms with van der Waals surface area (Å²) in [6.45, 7) is 2.82. The van der Waals surface area contributed by atoms with Crippen LogP contribution < -0.4 is 11.1 Å². The zero-order chi connectivity index (χ0) is 28.2. The highest BCUT2D eigenvalue weighted by atomic mass is 16.1. The Morgan fingerprint density at radius 2 is 1.76 bits per heavy atom. The van der Waals surface area contributed by atoms with Crippen LogP contribution in [0, 0.1) is 11.3 Å². The molecule has 0 radical (unpaired) electrons. The zero-order valence-corrected chi connectivity index (χ0v) is 22.4. The van der Waals surface area contributed by atoms with Gasteiger partial charge in [-0.1, -0.05) is 54.6 Å². The van der Waals surface area contributed by atoms with Crippen molar-refractivity contribution in [1.82, 2.24) is 24.8 Å². The van der Waals surface area contributed by atoms with Gasteiger partial charge < -0.3 is 11.1 Å². The molecule has 1 fully saturated rings. The number of aromatic nitrogens is 4. The maximum atomic E-state index is 11.7. The third-order valence-electron chi connectivity index (χ3n) is 7.37. The fourth-order valence-electron chi connectivity index (χ4n) is 5.23. The second-order valence-corrected chi connectivity index (χ2v) is 10.1. The molecule has 0 aliphatic carbocycles. The highest BCUT2D eigenvalue weighted by Crippen LogP contribution is 2.33. The van der Waals surface area contributed by atoms with Crippen molar-refractivity contribution in [1.29, 1.82) is 5.26 Å². The number of piperidine rings is 1. The van der Waals surface area contributed by atoms with E-state index in [9.17, 15) is 4.79 Å². The Morgan fingerprint density at radius 1 is 0.976 bits per heavy atom. The monoisotopic (exact) mass is 540 g/mol. The number of primary amides is 1. The number of amides is 1. The van der Waals surface area contributed by atoms with Gasteiger partial charge in [-0.05, 0) is 42.2 Å². The molecular formula is C32H28N8O. The third-order valence-corrected chi connectivity index (χ3v) is 7.37. The molecule has 0 spiro atoms. The molecule has 1 aliphatic rings. The second-order valence-electron chi connectivity index (χ2n) is 10.1. The minimum Gasteiger partial charge on any atom is -0.367 e. The molecular weight excluding hydrogens is 512 g/mol. The normalized spacial score (nSPS) is 14.0. The summed E-state index contributed by atoms with van der Waals surface area (Å²) in [5.74, 6) is 0.319. The molecule has 0 saturated carbocycles. The van der Waals surface area contributed by atoms with Gasteiger partial charge in [0.15, 0.2) is 0 Å². The molecule has 0 atom stereocenters. The number of nitrogens with two attached hydrogens (primary N) is 1. The van der Waals surface area contributed by atoms with Gasteiger partial charge in [-0.15, -0.1) is 0 Å². The summed E-state index contributed by atoms with van der Waals surface area (Å²) < 4.78 is 0. The Labute approximate surface area is 237 Å². The van der Waals surface area contributed by atoms with Crippen LogP contribution in [0.5, 0.6) is 0 Å². The first-order chi connectivity index (χ1) is 20.1. The van der Waals surface area contributed by atoms with Crippen molar-refractivity contribution < 1.29 is 4.79 Å². The van der Waals surface area contributed by atoms with Gasteiger partial charge in [0.2, 0.25) is 5.82 Å². The van der Waals surface area contributed by atoms with E-state index in [0.29, 0.717) is 17.4 Å². The van der Waals surface area contributed by atoms with E-state index in [1.807, 2.05) is 24.3 Å². The molecule has 0 bridgehead atoms. The molecule has 3 aromatic heterocycles. The smallest absolute Gasteiger partial charge is 0.267 e. The lowest BCUT2D eigenvalue weighted by Gasteiger charge is -2.32. The van der Waals surface area contributed by atoms with Crippen molar-refractivity contribution in [3.63, 3.8) is 0 Å². The maximum Gasteiger partial charge on any atom is 0.267 e. The molecule has 5 aromatic rings.